The van der Waals surface area contributed by atoms with Crippen molar-refractivity contribution in [3.8, 4) is 0 Å². The predicted molar refractivity (Wildman–Crippen MR) is 307 cm³/mol. The first kappa shape index (κ1) is 68.6. The largest absolute Gasteiger partial charge is 0.462 e. The summed E-state index contributed by atoms with van der Waals surface area (Å²) in [4.78, 5) is 38.2. The van der Waals surface area contributed by atoms with Crippen LogP contribution in [0.4, 0.5) is 0 Å². The van der Waals surface area contributed by atoms with Crippen LogP contribution in [0.2, 0.25) is 0 Å². The number of unbranched alkanes of at least 4 members (excludes halogenated alkanes) is 41. The molecule has 416 valence electrons. The van der Waals surface area contributed by atoms with Gasteiger partial charge in [-0.2, -0.15) is 0 Å². The molecule has 0 radical (unpaired) electrons. The molecule has 0 aromatic carbocycles. The molecule has 0 heterocycles. The zero-order chi connectivity index (χ0) is 51.4. The monoisotopic (exact) mass is 997 g/mol. The van der Waals surface area contributed by atoms with Gasteiger partial charge in [0.25, 0.3) is 0 Å². The molecule has 71 heavy (non-hydrogen) atoms. The molecular formula is C65H120O6. The lowest BCUT2D eigenvalue weighted by Crippen LogP contribution is -2.30. The summed E-state index contributed by atoms with van der Waals surface area (Å²) in [7, 11) is 0. The molecule has 0 rings (SSSR count). The molecule has 0 aliphatic heterocycles. The fourth-order valence-electron chi connectivity index (χ4n) is 9.35. The lowest BCUT2D eigenvalue weighted by atomic mass is 10.0. The Labute approximate surface area is 442 Å². The SMILES string of the molecule is CCCCCCC/C=C\C/C=C\CCCCCCCCCCCCCCCC(=O)OCC(COC(=O)CCCCCCCCCCCCCC)OC(=O)CCCCCCC/C=C\CCCCCCCCC. The van der Waals surface area contributed by atoms with Crippen LogP contribution in [0.1, 0.15) is 342 Å². The highest BCUT2D eigenvalue weighted by Gasteiger charge is 2.19. The minimum absolute atomic E-state index is 0.0712. The number of esters is 3. The standard InChI is InChI=1S/C65H120O6/c1-4-7-10-13-16-19-22-25-27-29-30-31-32-33-34-35-36-37-39-40-43-46-49-52-55-58-64(67)70-61-62(60-69-63(66)57-54-51-48-45-42-24-21-18-15-12-9-6-3)71-65(68)59-56-53-50-47-44-41-38-28-26-23-20-17-14-11-8-5-2/h22,25,28-30,38,62H,4-21,23-24,26-27,31-37,39-61H2,1-3H3/b25-22-,30-29-,38-28-. The first-order valence-electron chi connectivity index (χ1n) is 31.5. The van der Waals surface area contributed by atoms with Gasteiger partial charge in [-0.3, -0.25) is 14.4 Å². The van der Waals surface area contributed by atoms with Gasteiger partial charge in [0.2, 0.25) is 0 Å². The normalized spacial score (nSPS) is 12.2. The smallest absolute Gasteiger partial charge is 0.306 e. The number of rotatable bonds is 58. The average molecular weight is 998 g/mol. The summed E-state index contributed by atoms with van der Waals surface area (Å²) in [5.74, 6) is -0.860. The van der Waals surface area contributed by atoms with Crippen LogP contribution in [0.25, 0.3) is 0 Å². The average Bonchev–Trinajstić information content (AvgIpc) is 3.37. The molecule has 0 aromatic heterocycles. The molecule has 0 fully saturated rings. The molecule has 0 saturated heterocycles. The Morgan fingerprint density at radius 3 is 0.789 bits per heavy atom. The predicted octanol–water partition coefficient (Wildman–Crippen LogP) is 21.2. The molecule has 0 spiro atoms. The first-order valence-corrected chi connectivity index (χ1v) is 31.5. The van der Waals surface area contributed by atoms with Crippen LogP contribution in [0.15, 0.2) is 36.5 Å². The van der Waals surface area contributed by atoms with E-state index in [0.29, 0.717) is 19.3 Å². The zero-order valence-corrected chi connectivity index (χ0v) is 47.8. The third-order valence-corrected chi connectivity index (χ3v) is 14.1. The Morgan fingerprint density at radius 2 is 0.507 bits per heavy atom. The second kappa shape index (κ2) is 60.2. The van der Waals surface area contributed by atoms with Crippen LogP contribution in [0.5, 0.6) is 0 Å². The van der Waals surface area contributed by atoms with E-state index in [1.54, 1.807) is 0 Å². The topological polar surface area (TPSA) is 78.9 Å². The Bertz CT molecular complexity index is 1190. The first-order chi connectivity index (χ1) is 35.0. The van der Waals surface area contributed by atoms with E-state index in [9.17, 15) is 14.4 Å². The van der Waals surface area contributed by atoms with Crippen molar-refractivity contribution in [2.24, 2.45) is 0 Å². The van der Waals surface area contributed by atoms with Gasteiger partial charge in [0, 0.05) is 19.3 Å². The van der Waals surface area contributed by atoms with Crippen molar-refractivity contribution in [2.75, 3.05) is 13.2 Å². The van der Waals surface area contributed by atoms with E-state index in [1.165, 1.54) is 231 Å². The van der Waals surface area contributed by atoms with Gasteiger partial charge in [-0.05, 0) is 77.0 Å². The molecule has 0 aliphatic rings. The molecule has 6 nitrogen and oxygen atoms in total. The van der Waals surface area contributed by atoms with Gasteiger partial charge in [-0.15, -0.1) is 0 Å². The summed E-state index contributed by atoms with van der Waals surface area (Å²) >= 11 is 0. The second-order valence-electron chi connectivity index (χ2n) is 21.3. The Morgan fingerprint density at radius 1 is 0.282 bits per heavy atom. The number of hydrogen-bond acceptors (Lipinski definition) is 6. The van der Waals surface area contributed by atoms with Gasteiger partial charge in [0.1, 0.15) is 13.2 Å². The van der Waals surface area contributed by atoms with Crippen molar-refractivity contribution >= 4 is 17.9 Å². The quantitative estimate of drug-likeness (QED) is 0.0261. The van der Waals surface area contributed by atoms with Gasteiger partial charge in [0.15, 0.2) is 6.10 Å². The van der Waals surface area contributed by atoms with Crippen molar-refractivity contribution < 1.29 is 28.6 Å². The Balaban J connectivity index is 4.24. The maximum atomic E-state index is 12.9. The zero-order valence-electron chi connectivity index (χ0n) is 47.8. The second-order valence-corrected chi connectivity index (χ2v) is 21.3. The molecule has 0 bridgehead atoms. The molecule has 0 aromatic rings. The van der Waals surface area contributed by atoms with Gasteiger partial charge in [0.05, 0.1) is 0 Å². The van der Waals surface area contributed by atoms with Crippen LogP contribution in [-0.2, 0) is 28.6 Å². The third-order valence-electron chi connectivity index (χ3n) is 14.1. The summed E-state index contributed by atoms with van der Waals surface area (Å²) in [6.07, 6.45) is 72.9. The van der Waals surface area contributed by atoms with Crippen molar-refractivity contribution in [3.63, 3.8) is 0 Å². The number of ether oxygens (including phenoxy) is 3. The van der Waals surface area contributed by atoms with Crippen LogP contribution in [0, 0.1) is 0 Å². The van der Waals surface area contributed by atoms with Crippen LogP contribution in [0.3, 0.4) is 0 Å². The maximum absolute atomic E-state index is 12.9. The fraction of sp³-hybridized carbons (Fsp3) is 0.862. The minimum atomic E-state index is -0.773. The molecule has 0 N–H and O–H groups in total. The minimum Gasteiger partial charge on any atom is -0.462 e. The van der Waals surface area contributed by atoms with Crippen LogP contribution in [-0.4, -0.2) is 37.2 Å². The van der Waals surface area contributed by atoms with Gasteiger partial charge < -0.3 is 14.2 Å². The van der Waals surface area contributed by atoms with Crippen molar-refractivity contribution in [2.45, 2.75) is 348 Å². The van der Waals surface area contributed by atoms with Crippen molar-refractivity contribution in [1.29, 1.82) is 0 Å². The fourth-order valence-corrected chi connectivity index (χ4v) is 9.35. The molecule has 1 atom stereocenters. The van der Waals surface area contributed by atoms with E-state index in [2.05, 4.69) is 57.2 Å². The summed E-state index contributed by atoms with van der Waals surface area (Å²) in [5, 5.41) is 0. The lowest BCUT2D eigenvalue weighted by Gasteiger charge is -2.18. The summed E-state index contributed by atoms with van der Waals surface area (Å²) < 4.78 is 16.9. The highest BCUT2D eigenvalue weighted by molar-refractivity contribution is 5.71. The molecular weight excluding hydrogens is 877 g/mol. The number of carbonyl (C=O) groups is 3. The molecule has 1 unspecified atom stereocenters. The van der Waals surface area contributed by atoms with E-state index in [0.717, 1.165) is 70.6 Å². The summed E-state index contributed by atoms with van der Waals surface area (Å²) in [5.41, 5.74) is 0. The number of hydrogen-bond donors (Lipinski definition) is 0. The number of carbonyl (C=O) groups excluding carboxylic acids is 3. The van der Waals surface area contributed by atoms with E-state index >= 15 is 0 Å². The third kappa shape index (κ3) is 58.4. The van der Waals surface area contributed by atoms with Gasteiger partial charge in [-0.25, -0.2) is 0 Å². The van der Waals surface area contributed by atoms with Crippen LogP contribution < -0.4 is 0 Å². The molecule has 0 aliphatic carbocycles. The van der Waals surface area contributed by atoms with Crippen molar-refractivity contribution in [3.05, 3.63) is 36.5 Å². The van der Waals surface area contributed by atoms with E-state index in [-0.39, 0.29) is 31.1 Å². The lowest BCUT2D eigenvalue weighted by molar-refractivity contribution is -0.167. The Hall–Kier alpha value is -2.37. The van der Waals surface area contributed by atoms with E-state index < -0.39 is 6.10 Å². The van der Waals surface area contributed by atoms with Crippen molar-refractivity contribution in [1.82, 2.24) is 0 Å². The van der Waals surface area contributed by atoms with E-state index in [1.807, 2.05) is 0 Å². The molecule has 0 amide bonds. The van der Waals surface area contributed by atoms with Crippen LogP contribution >= 0.6 is 0 Å². The number of allylic oxidation sites excluding steroid dienone is 6. The summed E-state index contributed by atoms with van der Waals surface area (Å²) in [6, 6.07) is 0. The highest BCUT2D eigenvalue weighted by Crippen LogP contribution is 2.17. The highest BCUT2D eigenvalue weighted by atomic mass is 16.6. The van der Waals surface area contributed by atoms with Gasteiger partial charge >= 0.3 is 17.9 Å². The Kier molecular flexibility index (Phi) is 58.2. The van der Waals surface area contributed by atoms with Gasteiger partial charge in [-0.1, -0.05) is 282 Å². The maximum Gasteiger partial charge on any atom is 0.306 e. The molecule has 6 heteroatoms. The summed E-state index contributed by atoms with van der Waals surface area (Å²) in [6.45, 7) is 6.66. The van der Waals surface area contributed by atoms with E-state index in [4.69, 9.17) is 14.2 Å². The molecule has 0 saturated carbocycles.